The van der Waals surface area contributed by atoms with Crippen LogP contribution in [-0.4, -0.2) is 11.0 Å². The van der Waals surface area contributed by atoms with Crippen LogP contribution in [0, 0.1) is 12.7 Å². The minimum absolute atomic E-state index is 0.294. The molecule has 0 amide bonds. The summed E-state index contributed by atoms with van der Waals surface area (Å²) in [7, 11) is 0. The van der Waals surface area contributed by atoms with Crippen molar-refractivity contribution in [2.75, 3.05) is 0 Å². The van der Waals surface area contributed by atoms with Crippen molar-refractivity contribution < 1.29 is 9.13 Å². The first-order valence-corrected chi connectivity index (χ1v) is 7.32. The summed E-state index contributed by atoms with van der Waals surface area (Å²) in [4.78, 5) is 4.38. The molecule has 0 unspecified atom stereocenters. The summed E-state index contributed by atoms with van der Waals surface area (Å²) in [6.45, 7) is 2.32. The van der Waals surface area contributed by atoms with Gasteiger partial charge in [0.05, 0.1) is 10.7 Å². The minimum atomic E-state index is -0.294. The van der Waals surface area contributed by atoms with Gasteiger partial charge in [0, 0.05) is 24.7 Å². The molecule has 1 aliphatic rings. The van der Waals surface area contributed by atoms with Gasteiger partial charge in [-0.15, -0.1) is 0 Å². The Morgan fingerprint density at radius 1 is 1.33 bits per heavy atom. The number of aromatic nitrogens is 1. The molecule has 1 heterocycles. The highest BCUT2D eigenvalue weighted by molar-refractivity contribution is 6.31. The van der Waals surface area contributed by atoms with Crippen LogP contribution in [0.2, 0.25) is 5.02 Å². The first kappa shape index (κ1) is 14.3. The molecule has 0 bridgehead atoms. The zero-order valence-electron chi connectivity index (χ0n) is 11.7. The maximum atomic E-state index is 13.5. The van der Waals surface area contributed by atoms with Gasteiger partial charge in [0.15, 0.2) is 0 Å². The third-order valence-corrected chi connectivity index (χ3v) is 3.74. The van der Waals surface area contributed by atoms with E-state index in [-0.39, 0.29) is 5.82 Å². The van der Waals surface area contributed by atoms with E-state index in [0.29, 0.717) is 34.8 Å². The molecule has 1 aromatic carbocycles. The number of rotatable bonds is 5. The normalized spacial score (nSPS) is 14.2. The number of pyridine rings is 1. The Kier molecular flexibility index (Phi) is 4.08. The first-order chi connectivity index (χ1) is 10.1. The van der Waals surface area contributed by atoms with Crippen LogP contribution >= 0.6 is 11.6 Å². The molecule has 1 aromatic heterocycles. The molecule has 0 radical (unpaired) electrons. The second kappa shape index (κ2) is 6.00. The van der Waals surface area contributed by atoms with Crippen molar-refractivity contribution in [1.29, 1.82) is 0 Å². The van der Waals surface area contributed by atoms with Gasteiger partial charge in [-0.25, -0.2) is 9.37 Å². The Morgan fingerprint density at radius 2 is 2.14 bits per heavy atom. The lowest BCUT2D eigenvalue weighted by atomic mass is 10.2. The van der Waals surface area contributed by atoms with Gasteiger partial charge in [0.1, 0.15) is 11.6 Å². The average molecular weight is 307 g/mol. The highest BCUT2D eigenvalue weighted by atomic mass is 35.5. The molecule has 2 aromatic rings. The van der Waals surface area contributed by atoms with Crippen LogP contribution in [0.5, 0.6) is 11.6 Å². The molecule has 1 aliphatic carbocycles. The van der Waals surface area contributed by atoms with Gasteiger partial charge in [0.2, 0.25) is 5.88 Å². The van der Waals surface area contributed by atoms with Gasteiger partial charge >= 0.3 is 0 Å². The molecule has 3 rings (SSSR count). The van der Waals surface area contributed by atoms with E-state index in [4.69, 9.17) is 16.3 Å². The fourth-order valence-corrected chi connectivity index (χ4v) is 2.10. The van der Waals surface area contributed by atoms with Crippen molar-refractivity contribution >= 4 is 11.6 Å². The third-order valence-electron chi connectivity index (χ3n) is 3.39. The van der Waals surface area contributed by atoms with Crippen LogP contribution < -0.4 is 10.1 Å². The Hall–Kier alpha value is -1.65. The monoisotopic (exact) mass is 306 g/mol. The second-order valence-electron chi connectivity index (χ2n) is 5.25. The quantitative estimate of drug-likeness (QED) is 0.897. The number of hydrogen-bond donors (Lipinski definition) is 1. The van der Waals surface area contributed by atoms with Gasteiger partial charge in [-0.1, -0.05) is 17.7 Å². The van der Waals surface area contributed by atoms with Crippen LogP contribution in [0.3, 0.4) is 0 Å². The topological polar surface area (TPSA) is 34.1 Å². The van der Waals surface area contributed by atoms with Crippen LogP contribution in [0.25, 0.3) is 0 Å². The predicted octanol–water partition coefficient (Wildman–Crippen LogP) is 4.23. The summed E-state index contributed by atoms with van der Waals surface area (Å²) >= 11 is 6.13. The zero-order chi connectivity index (χ0) is 14.8. The van der Waals surface area contributed by atoms with Crippen molar-refractivity contribution in [3.63, 3.8) is 0 Å². The second-order valence-corrected chi connectivity index (χ2v) is 5.65. The maximum absolute atomic E-state index is 13.5. The summed E-state index contributed by atoms with van der Waals surface area (Å²) < 4.78 is 19.1. The number of ether oxygens (including phenoxy) is 1. The highest BCUT2D eigenvalue weighted by Gasteiger charge is 2.20. The number of aryl methyl sites for hydroxylation is 1. The molecule has 1 fully saturated rings. The van der Waals surface area contributed by atoms with E-state index in [9.17, 15) is 4.39 Å². The molecular formula is C16H16ClFN2O. The number of hydrogen-bond acceptors (Lipinski definition) is 3. The highest BCUT2D eigenvalue weighted by Crippen LogP contribution is 2.25. The fourth-order valence-electron chi connectivity index (χ4n) is 1.93. The van der Waals surface area contributed by atoms with Crippen molar-refractivity contribution in [2.24, 2.45) is 0 Å². The van der Waals surface area contributed by atoms with E-state index in [1.54, 1.807) is 31.2 Å². The number of halogens is 2. The van der Waals surface area contributed by atoms with E-state index < -0.39 is 0 Å². The van der Waals surface area contributed by atoms with Crippen LogP contribution in [-0.2, 0) is 6.54 Å². The van der Waals surface area contributed by atoms with Crippen LogP contribution in [0.15, 0.2) is 30.3 Å². The molecule has 21 heavy (non-hydrogen) atoms. The summed E-state index contributed by atoms with van der Waals surface area (Å²) in [6, 6.07) is 8.76. The van der Waals surface area contributed by atoms with E-state index >= 15 is 0 Å². The fraction of sp³-hybridized carbons (Fsp3) is 0.312. The van der Waals surface area contributed by atoms with Gasteiger partial charge in [-0.3, -0.25) is 0 Å². The predicted molar refractivity (Wildman–Crippen MR) is 80.3 cm³/mol. The van der Waals surface area contributed by atoms with E-state index in [1.165, 1.54) is 18.9 Å². The SMILES string of the molecule is Cc1ccc(Oc2ccc(Cl)c(CNC3CC3)n2)cc1F. The molecular weight excluding hydrogens is 291 g/mol. The third kappa shape index (κ3) is 3.71. The van der Waals surface area contributed by atoms with Crippen molar-refractivity contribution in [3.05, 3.63) is 52.4 Å². The van der Waals surface area contributed by atoms with E-state index in [2.05, 4.69) is 10.3 Å². The van der Waals surface area contributed by atoms with Crippen LogP contribution in [0.1, 0.15) is 24.1 Å². The summed E-state index contributed by atoms with van der Waals surface area (Å²) in [5.41, 5.74) is 1.33. The summed E-state index contributed by atoms with van der Waals surface area (Å²) in [5, 5.41) is 3.96. The lowest BCUT2D eigenvalue weighted by Crippen LogP contribution is -2.16. The largest absolute Gasteiger partial charge is 0.439 e. The lowest BCUT2D eigenvalue weighted by molar-refractivity contribution is 0.454. The Balaban J connectivity index is 1.74. The molecule has 0 aliphatic heterocycles. The van der Waals surface area contributed by atoms with E-state index in [0.717, 1.165) is 5.69 Å². The minimum Gasteiger partial charge on any atom is -0.439 e. The van der Waals surface area contributed by atoms with Gasteiger partial charge in [0.25, 0.3) is 0 Å². The van der Waals surface area contributed by atoms with Crippen LogP contribution in [0.4, 0.5) is 4.39 Å². The molecule has 0 saturated heterocycles. The molecule has 0 atom stereocenters. The maximum Gasteiger partial charge on any atom is 0.219 e. The summed E-state index contributed by atoms with van der Waals surface area (Å²) in [5.74, 6) is 0.543. The van der Waals surface area contributed by atoms with Gasteiger partial charge in [-0.05, 0) is 37.5 Å². The van der Waals surface area contributed by atoms with E-state index in [1.807, 2.05) is 0 Å². The Bertz CT molecular complexity index is 659. The van der Waals surface area contributed by atoms with Gasteiger partial charge in [-0.2, -0.15) is 0 Å². The lowest BCUT2D eigenvalue weighted by Gasteiger charge is -2.09. The van der Waals surface area contributed by atoms with Crippen molar-refractivity contribution in [1.82, 2.24) is 10.3 Å². The molecule has 5 heteroatoms. The Morgan fingerprint density at radius 3 is 2.86 bits per heavy atom. The van der Waals surface area contributed by atoms with Crippen molar-refractivity contribution in [2.45, 2.75) is 32.4 Å². The first-order valence-electron chi connectivity index (χ1n) is 6.94. The Labute approximate surface area is 128 Å². The molecule has 0 spiro atoms. The molecule has 3 nitrogen and oxygen atoms in total. The molecule has 110 valence electrons. The number of nitrogens with zero attached hydrogens (tertiary/aromatic N) is 1. The molecule has 1 N–H and O–H groups in total. The van der Waals surface area contributed by atoms with Gasteiger partial charge < -0.3 is 10.1 Å². The zero-order valence-corrected chi connectivity index (χ0v) is 12.5. The smallest absolute Gasteiger partial charge is 0.219 e. The molecule has 1 saturated carbocycles. The summed E-state index contributed by atoms with van der Waals surface area (Å²) in [6.07, 6.45) is 2.41. The standard InChI is InChI=1S/C16H16ClFN2O/c1-10-2-5-12(8-14(10)18)21-16-7-6-13(17)15(20-16)9-19-11-3-4-11/h2,5-8,11,19H,3-4,9H2,1H3. The average Bonchev–Trinajstić information content (AvgIpc) is 3.28. The number of nitrogens with one attached hydrogen (secondary N) is 1. The number of benzene rings is 1. The van der Waals surface area contributed by atoms with Crippen molar-refractivity contribution in [3.8, 4) is 11.6 Å².